The smallest absolute Gasteiger partial charge is 0.0399 e. The summed E-state index contributed by atoms with van der Waals surface area (Å²) in [6.45, 7) is 14.7. The molecular formula is C16H26N2. The van der Waals surface area contributed by atoms with Gasteiger partial charge in [0.25, 0.3) is 0 Å². The number of aryl methyl sites for hydroxylation is 2. The molecule has 0 amide bonds. The van der Waals surface area contributed by atoms with Gasteiger partial charge in [0.15, 0.2) is 0 Å². The van der Waals surface area contributed by atoms with Crippen molar-refractivity contribution in [2.24, 2.45) is 5.41 Å². The summed E-state index contributed by atoms with van der Waals surface area (Å²) >= 11 is 0. The van der Waals surface area contributed by atoms with E-state index in [4.69, 9.17) is 0 Å². The Bertz CT molecular complexity index is 423. The van der Waals surface area contributed by atoms with Crippen LogP contribution in [0.1, 0.15) is 31.9 Å². The van der Waals surface area contributed by atoms with Gasteiger partial charge in [-0.25, -0.2) is 0 Å². The fraction of sp³-hybridized carbons (Fsp3) is 0.625. The lowest BCUT2D eigenvalue weighted by Crippen LogP contribution is -2.40. The highest BCUT2D eigenvalue weighted by molar-refractivity contribution is 5.55. The number of rotatable bonds is 1. The normalized spacial score (nSPS) is 23.8. The summed E-state index contributed by atoms with van der Waals surface area (Å²) in [5, 5.41) is 3.58. The maximum atomic E-state index is 3.58. The number of hydrogen-bond acceptors (Lipinski definition) is 2. The first kappa shape index (κ1) is 13.4. The van der Waals surface area contributed by atoms with Crippen LogP contribution in [-0.2, 0) is 0 Å². The van der Waals surface area contributed by atoms with Crippen molar-refractivity contribution in [3.05, 3.63) is 29.3 Å². The predicted molar refractivity (Wildman–Crippen MR) is 79.4 cm³/mol. The molecule has 1 atom stereocenters. The minimum atomic E-state index is 0.322. The van der Waals surface area contributed by atoms with Gasteiger partial charge in [-0.2, -0.15) is 0 Å². The second-order valence-corrected chi connectivity index (χ2v) is 6.56. The molecule has 2 nitrogen and oxygen atoms in total. The fourth-order valence-electron chi connectivity index (χ4n) is 2.85. The molecule has 0 aromatic heterocycles. The lowest BCUT2D eigenvalue weighted by Gasteiger charge is -2.35. The van der Waals surface area contributed by atoms with Crippen molar-refractivity contribution in [1.29, 1.82) is 0 Å². The summed E-state index contributed by atoms with van der Waals surface area (Å²) < 4.78 is 0. The average molecular weight is 246 g/mol. The number of hydrogen-bond donors (Lipinski definition) is 1. The van der Waals surface area contributed by atoms with Crippen LogP contribution in [-0.4, -0.2) is 25.7 Å². The molecule has 0 bridgehead atoms. The van der Waals surface area contributed by atoms with Gasteiger partial charge in [0, 0.05) is 31.4 Å². The zero-order valence-corrected chi connectivity index (χ0v) is 12.4. The third-order valence-electron chi connectivity index (χ3n) is 3.84. The Balaban J connectivity index is 2.33. The van der Waals surface area contributed by atoms with Crippen LogP contribution in [0.25, 0.3) is 0 Å². The molecule has 0 aliphatic carbocycles. The van der Waals surface area contributed by atoms with E-state index in [-0.39, 0.29) is 0 Å². The lowest BCUT2D eigenvalue weighted by atomic mass is 9.92. The van der Waals surface area contributed by atoms with Crippen molar-refractivity contribution in [2.75, 3.05) is 24.5 Å². The molecule has 1 unspecified atom stereocenters. The van der Waals surface area contributed by atoms with Crippen LogP contribution in [0.3, 0.4) is 0 Å². The maximum Gasteiger partial charge on any atom is 0.0399 e. The summed E-state index contributed by atoms with van der Waals surface area (Å²) in [4.78, 5) is 2.56. The maximum absolute atomic E-state index is 3.58. The first-order valence-corrected chi connectivity index (χ1v) is 6.94. The highest BCUT2D eigenvalue weighted by atomic mass is 15.2. The zero-order chi connectivity index (χ0) is 13.3. The molecule has 2 heteroatoms. The topological polar surface area (TPSA) is 15.3 Å². The molecule has 1 saturated heterocycles. The van der Waals surface area contributed by atoms with E-state index < -0.39 is 0 Å². The van der Waals surface area contributed by atoms with Gasteiger partial charge in [-0.05, 0) is 37.8 Å². The second kappa shape index (κ2) is 4.93. The Morgan fingerprint density at radius 2 is 2.00 bits per heavy atom. The molecule has 1 aromatic carbocycles. The molecule has 1 N–H and O–H groups in total. The van der Waals surface area contributed by atoms with Crippen LogP contribution in [0.4, 0.5) is 5.69 Å². The average Bonchev–Trinajstić information content (AvgIpc) is 2.38. The van der Waals surface area contributed by atoms with Gasteiger partial charge in [-0.15, -0.1) is 0 Å². The SMILES string of the molecule is Cc1ccc(N2CC(C)(C)CNCC2C)c(C)c1. The third-order valence-corrected chi connectivity index (χ3v) is 3.84. The number of benzene rings is 1. The minimum absolute atomic E-state index is 0.322. The number of nitrogens with zero attached hydrogens (tertiary/aromatic N) is 1. The Hall–Kier alpha value is -1.02. The highest BCUT2D eigenvalue weighted by Gasteiger charge is 2.28. The number of anilines is 1. The van der Waals surface area contributed by atoms with E-state index >= 15 is 0 Å². The first-order valence-electron chi connectivity index (χ1n) is 6.94. The predicted octanol–water partition coefficient (Wildman–Crippen LogP) is 3.13. The van der Waals surface area contributed by atoms with E-state index in [1.165, 1.54) is 16.8 Å². The molecule has 1 fully saturated rings. The molecule has 18 heavy (non-hydrogen) atoms. The van der Waals surface area contributed by atoms with Crippen LogP contribution in [0, 0.1) is 19.3 Å². The van der Waals surface area contributed by atoms with E-state index in [0.29, 0.717) is 11.5 Å². The van der Waals surface area contributed by atoms with Crippen LogP contribution >= 0.6 is 0 Å². The van der Waals surface area contributed by atoms with Gasteiger partial charge in [0.1, 0.15) is 0 Å². The number of nitrogens with one attached hydrogen (secondary N) is 1. The molecule has 2 rings (SSSR count). The van der Waals surface area contributed by atoms with E-state index in [2.05, 4.69) is 63.0 Å². The molecule has 0 radical (unpaired) electrons. The van der Waals surface area contributed by atoms with Gasteiger partial charge in [0.2, 0.25) is 0 Å². The third kappa shape index (κ3) is 2.86. The zero-order valence-electron chi connectivity index (χ0n) is 12.4. The standard InChI is InChI=1S/C16H26N2/c1-12-6-7-15(13(2)8-12)18-11-16(4,5)10-17-9-14(18)3/h6-8,14,17H,9-11H2,1-5H3. The Kier molecular flexibility index (Phi) is 3.67. The van der Waals surface area contributed by atoms with Gasteiger partial charge in [-0.3, -0.25) is 0 Å². The van der Waals surface area contributed by atoms with E-state index in [1.54, 1.807) is 0 Å². The second-order valence-electron chi connectivity index (χ2n) is 6.56. The lowest BCUT2D eigenvalue weighted by molar-refractivity contribution is 0.369. The molecule has 100 valence electrons. The van der Waals surface area contributed by atoms with Crippen molar-refractivity contribution in [1.82, 2.24) is 5.32 Å². The van der Waals surface area contributed by atoms with Crippen molar-refractivity contribution in [3.8, 4) is 0 Å². The minimum Gasteiger partial charge on any atom is -0.367 e. The summed E-state index contributed by atoms with van der Waals surface area (Å²) in [5.74, 6) is 0. The monoisotopic (exact) mass is 246 g/mol. The van der Waals surface area contributed by atoms with Gasteiger partial charge in [-0.1, -0.05) is 31.5 Å². The molecule has 1 heterocycles. The van der Waals surface area contributed by atoms with Crippen molar-refractivity contribution in [2.45, 2.75) is 40.7 Å². The molecule has 1 aromatic rings. The Labute approximate surface area is 111 Å². The van der Waals surface area contributed by atoms with Crippen LogP contribution in [0.5, 0.6) is 0 Å². The molecule has 0 spiro atoms. The quantitative estimate of drug-likeness (QED) is 0.819. The van der Waals surface area contributed by atoms with Crippen molar-refractivity contribution in [3.63, 3.8) is 0 Å². The van der Waals surface area contributed by atoms with Crippen molar-refractivity contribution >= 4 is 5.69 Å². The van der Waals surface area contributed by atoms with Gasteiger partial charge in [0.05, 0.1) is 0 Å². The Morgan fingerprint density at radius 1 is 1.28 bits per heavy atom. The fourth-order valence-corrected chi connectivity index (χ4v) is 2.85. The van der Waals surface area contributed by atoms with Crippen LogP contribution < -0.4 is 10.2 Å². The highest BCUT2D eigenvalue weighted by Crippen LogP contribution is 2.28. The van der Waals surface area contributed by atoms with Crippen LogP contribution in [0.15, 0.2) is 18.2 Å². The summed E-state index contributed by atoms with van der Waals surface area (Å²) in [5.41, 5.74) is 4.45. The van der Waals surface area contributed by atoms with Gasteiger partial charge >= 0.3 is 0 Å². The van der Waals surface area contributed by atoms with Crippen LogP contribution in [0.2, 0.25) is 0 Å². The Morgan fingerprint density at radius 3 is 2.67 bits per heavy atom. The molecule has 1 aliphatic heterocycles. The summed E-state index contributed by atoms with van der Waals surface area (Å²) in [6.07, 6.45) is 0. The van der Waals surface area contributed by atoms with E-state index in [1.807, 2.05) is 0 Å². The van der Waals surface area contributed by atoms with E-state index in [9.17, 15) is 0 Å². The molecule has 1 aliphatic rings. The van der Waals surface area contributed by atoms with E-state index in [0.717, 1.165) is 19.6 Å². The molecular weight excluding hydrogens is 220 g/mol. The summed E-state index contributed by atoms with van der Waals surface area (Å²) in [6, 6.07) is 7.34. The molecule has 0 saturated carbocycles. The summed E-state index contributed by atoms with van der Waals surface area (Å²) in [7, 11) is 0. The van der Waals surface area contributed by atoms with Gasteiger partial charge < -0.3 is 10.2 Å². The largest absolute Gasteiger partial charge is 0.367 e. The van der Waals surface area contributed by atoms with Crippen molar-refractivity contribution < 1.29 is 0 Å². The first-order chi connectivity index (χ1) is 8.39.